The van der Waals surface area contributed by atoms with Crippen LogP contribution in [0.15, 0.2) is 5.51 Å². The van der Waals surface area contributed by atoms with Crippen LogP contribution >= 0.6 is 11.3 Å². The number of aryl methyl sites for hydroxylation is 2. The highest BCUT2D eigenvalue weighted by Gasteiger charge is 2.03. The van der Waals surface area contributed by atoms with Crippen molar-refractivity contribution in [3.05, 3.63) is 16.1 Å². The maximum atomic E-state index is 10.9. The quantitative estimate of drug-likeness (QED) is 0.776. The van der Waals surface area contributed by atoms with E-state index in [1.807, 2.05) is 12.4 Å². The van der Waals surface area contributed by atoms with Crippen LogP contribution in [0.1, 0.15) is 23.4 Å². The summed E-state index contributed by atoms with van der Waals surface area (Å²) in [6.07, 6.45) is 2.43. The van der Waals surface area contributed by atoms with Crippen molar-refractivity contribution in [1.82, 2.24) is 4.98 Å². The SMILES string of the molecule is Cc1ncsc1CCCC(=O)CN. The number of carbonyl (C=O) groups excluding carboxylic acids is 1. The van der Waals surface area contributed by atoms with Crippen molar-refractivity contribution in [3.63, 3.8) is 0 Å². The molecule has 0 unspecified atom stereocenters. The topological polar surface area (TPSA) is 56.0 Å². The van der Waals surface area contributed by atoms with E-state index >= 15 is 0 Å². The summed E-state index contributed by atoms with van der Waals surface area (Å²) in [6.45, 7) is 2.16. The van der Waals surface area contributed by atoms with Crippen LogP contribution in [0.3, 0.4) is 0 Å². The monoisotopic (exact) mass is 198 g/mol. The zero-order valence-corrected chi connectivity index (χ0v) is 8.56. The summed E-state index contributed by atoms with van der Waals surface area (Å²) in [5.74, 6) is 0.141. The van der Waals surface area contributed by atoms with Crippen LogP contribution in [0.4, 0.5) is 0 Å². The molecule has 0 spiro atoms. The van der Waals surface area contributed by atoms with Gasteiger partial charge >= 0.3 is 0 Å². The minimum atomic E-state index is 0.141. The Morgan fingerprint density at radius 3 is 3.00 bits per heavy atom. The molecule has 0 bridgehead atoms. The van der Waals surface area contributed by atoms with Gasteiger partial charge in [-0.15, -0.1) is 11.3 Å². The van der Waals surface area contributed by atoms with Crippen LogP contribution in [-0.4, -0.2) is 17.3 Å². The van der Waals surface area contributed by atoms with E-state index in [0.717, 1.165) is 18.5 Å². The highest BCUT2D eigenvalue weighted by Crippen LogP contribution is 2.14. The Hall–Kier alpha value is -0.740. The predicted octanol–water partition coefficient (Wildman–Crippen LogP) is 1.30. The van der Waals surface area contributed by atoms with E-state index in [1.54, 1.807) is 11.3 Å². The van der Waals surface area contributed by atoms with Crippen molar-refractivity contribution in [1.29, 1.82) is 0 Å². The Kier molecular flexibility index (Phi) is 4.05. The van der Waals surface area contributed by atoms with Crippen molar-refractivity contribution in [2.75, 3.05) is 6.54 Å². The van der Waals surface area contributed by atoms with Gasteiger partial charge in [0.05, 0.1) is 17.7 Å². The summed E-state index contributed by atoms with van der Waals surface area (Å²) >= 11 is 1.66. The van der Waals surface area contributed by atoms with Crippen molar-refractivity contribution >= 4 is 17.1 Å². The van der Waals surface area contributed by atoms with Gasteiger partial charge in [-0.1, -0.05) is 0 Å². The summed E-state index contributed by atoms with van der Waals surface area (Å²) in [7, 11) is 0. The zero-order chi connectivity index (χ0) is 9.68. The second-order valence-corrected chi connectivity index (χ2v) is 3.90. The Morgan fingerprint density at radius 2 is 2.46 bits per heavy atom. The molecule has 1 rings (SSSR count). The molecule has 13 heavy (non-hydrogen) atoms. The minimum Gasteiger partial charge on any atom is -0.324 e. The van der Waals surface area contributed by atoms with E-state index in [2.05, 4.69) is 4.98 Å². The number of Topliss-reactive ketones (excluding diaryl/α,β-unsaturated/α-hetero) is 1. The van der Waals surface area contributed by atoms with Crippen molar-refractivity contribution in [3.8, 4) is 0 Å². The van der Waals surface area contributed by atoms with Crippen LogP contribution in [-0.2, 0) is 11.2 Å². The number of nitrogens with two attached hydrogens (primary N) is 1. The van der Waals surface area contributed by atoms with E-state index in [1.165, 1.54) is 4.88 Å². The Balaban J connectivity index is 2.28. The first kappa shape index (κ1) is 10.3. The Morgan fingerprint density at radius 1 is 1.69 bits per heavy atom. The standard InChI is InChI=1S/C9H14N2OS/c1-7-9(13-6-11-7)4-2-3-8(12)5-10/h6H,2-5,10H2,1H3. The van der Waals surface area contributed by atoms with Gasteiger partial charge in [0.2, 0.25) is 0 Å². The Bertz CT molecular complexity index is 283. The maximum Gasteiger partial charge on any atom is 0.146 e. The molecule has 0 aliphatic heterocycles. The van der Waals surface area contributed by atoms with Gasteiger partial charge in [0.1, 0.15) is 5.78 Å². The second-order valence-electron chi connectivity index (χ2n) is 2.96. The Labute approximate surface area is 82.0 Å². The van der Waals surface area contributed by atoms with Gasteiger partial charge in [0.25, 0.3) is 0 Å². The highest BCUT2D eigenvalue weighted by molar-refractivity contribution is 7.09. The van der Waals surface area contributed by atoms with Gasteiger partial charge in [-0.25, -0.2) is 4.98 Å². The molecule has 1 heterocycles. The lowest BCUT2D eigenvalue weighted by atomic mass is 10.1. The molecule has 0 aliphatic carbocycles. The molecule has 3 nitrogen and oxygen atoms in total. The molecule has 4 heteroatoms. The normalized spacial score (nSPS) is 10.3. The van der Waals surface area contributed by atoms with Gasteiger partial charge in [0.15, 0.2) is 0 Å². The molecule has 0 saturated heterocycles. The number of ketones is 1. The van der Waals surface area contributed by atoms with E-state index in [0.29, 0.717) is 6.42 Å². The summed E-state index contributed by atoms with van der Waals surface area (Å²) in [5.41, 5.74) is 8.13. The zero-order valence-electron chi connectivity index (χ0n) is 7.75. The van der Waals surface area contributed by atoms with Crippen molar-refractivity contribution in [2.24, 2.45) is 5.73 Å². The second kappa shape index (κ2) is 5.09. The van der Waals surface area contributed by atoms with Gasteiger partial charge < -0.3 is 5.73 Å². The van der Waals surface area contributed by atoms with Gasteiger partial charge in [0, 0.05) is 11.3 Å². The highest BCUT2D eigenvalue weighted by atomic mass is 32.1. The van der Waals surface area contributed by atoms with Crippen molar-refractivity contribution in [2.45, 2.75) is 26.2 Å². The number of nitrogens with zero attached hydrogens (tertiary/aromatic N) is 1. The lowest BCUT2D eigenvalue weighted by Crippen LogP contribution is -2.12. The molecule has 0 amide bonds. The third-order valence-corrected chi connectivity index (χ3v) is 2.93. The van der Waals surface area contributed by atoms with E-state index in [-0.39, 0.29) is 12.3 Å². The first-order chi connectivity index (χ1) is 6.24. The average molecular weight is 198 g/mol. The van der Waals surface area contributed by atoms with Crippen LogP contribution in [0.25, 0.3) is 0 Å². The third-order valence-electron chi connectivity index (χ3n) is 1.93. The number of rotatable bonds is 5. The number of thiazole rings is 1. The molecule has 0 saturated carbocycles. The largest absolute Gasteiger partial charge is 0.324 e. The first-order valence-corrected chi connectivity index (χ1v) is 5.22. The summed E-state index contributed by atoms with van der Waals surface area (Å²) < 4.78 is 0. The molecule has 1 aromatic rings. The van der Waals surface area contributed by atoms with Crippen LogP contribution in [0, 0.1) is 6.92 Å². The average Bonchev–Trinajstić information content (AvgIpc) is 2.52. The smallest absolute Gasteiger partial charge is 0.146 e. The fourth-order valence-corrected chi connectivity index (χ4v) is 1.94. The fraction of sp³-hybridized carbons (Fsp3) is 0.556. The van der Waals surface area contributed by atoms with Crippen LogP contribution < -0.4 is 5.73 Å². The molecule has 0 atom stereocenters. The molecule has 1 aromatic heterocycles. The molecule has 2 N–H and O–H groups in total. The lowest BCUT2D eigenvalue weighted by Gasteiger charge is -1.97. The molecule has 0 fully saturated rings. The molecular weight excluding hydrogens is 184 g/mol. The third kappa shape index (κ3) is 3.24. The van der Waals surface area contributed by atoms with Crippen LogP contribution in [0.5, 0.6) is 0 Å². The molecule has 72 valence electrons. The molecular formula is C9H14N2OS. The molecule has 0 aliphatic rings. The van der Waals surface area contributed by atoms with Gasteiger partial charge in [-0.05, 0) is 19.8 Å². The summed E-state index contributed by atoms with van der Waals surface area (Å²) in [4.78, 5) is 16.3. The predicted molar refractivity (Wildman–Crippen MR) is 53.9 cm³/mol. The number of hydrogen-bond acceptors (Lipinski definition) is 4. The molecule has 0 aromatic carbocycles. The maximum absolute atomic E-state index is 10.9. The molecule has 0 radical (unpaired) electrons. The first-order valence-electron chi connectivity index (χ1n) is 4.34. The van der Waals surface area contributed by atoms with E-state index in [9.17, 15) is 4.79 Å². The van der Waals surface area contributed by atoms with Crippen LogP contribution in [0.2, 0.25) is 0 Å². The van der Waals surface area contributed by atoms with Crippen molar-refractivity contribution < 1.29 is 4.79 Å². The minimum absolute atomic E-state index is 0.141. The lowest BCUT2D eigenvalue weighted by molar-refractivity contribution is -0.117. The number of carbonyl (C=O) groups is 1. The summed E-state index contributed by atoms with van der Waals surface area (Å²) in [6, 6.07) is 0. The number of aromatic nitrogens is 1. The fourth-order valence-electron chi connectivity index (χ4n) is 1.11. The van der Waals surface area contributed by atoms with Gasteiger partial charge in [-0.3, -0.25) is 4.79 Å². The number of hydrogen-bond donors (Lipinski definition) is 1. The van der Waals surface area contributed by atoms with E-state index in [4.69, 9.17) is 5.73 Å². The van der Waals surface area contributed by atoms with E-state index < -0.39 is 0 Å². The summed E-state index contributed by atoms with van der Waals surface area (Å²) in [5, 5.41) is 0. The van der Waals surface area contributed by atoms with Gasteiger partial charge in [-0.2, -0.15) is 0 Å².